The lowest BCUT2D eigenvalue weighted by atomic mass is 10.1. The minimum absolute atomic E-state index is 0. The smallest absolute Gasteiger partial charge is 0.338 e. The van der Waals surface area contributed by atoms with Gasteiger partial charge in [0.05, 0.1) is 24.3 Å². The first kappa shape index (κ1) is 72.7. The molecule has 0 heterocycles. The van der Waals surface area contributed by atoms with Crippen molar-refractivity contribution >= 4 is 23.5 Å². The zero-order valence-corrected chi connectivity index (χ0v) is 27.2. The van der Waals surface area contributed by atoms with Crippen LogP contribution in [0.3, 0.4) is 0 Å². The van der Waals surface area contributed by atoms with Gasteiger partial charge < -0.3 is 38.6 Å². The van der Waals surface area contributed by atoms with Gasteiger partial charge in [0.1, 0.15) is 0 Å². The summed E-state index contributed by atoms with van der Waals surface area (Å²) < 4.78 is 30.0. The van der Waals surface area contributed by atoms with E-state index >= 15 is 0 Å². The molecule has 328 valence electrons. The SMILES string of the molecule is C.C.C.C.C.C.C.C.C.CCCOC(O)C(=O)c1ccc(C(=O)OCCCCOC)cc1.CCCOC(O)C(=O)c1cccc(C(=O)OCCCCOC)c1. The summed E-state index contributed by atoms with van der Waals surface area (Å²) in [5.74, 6) is -2.05. The molecule has 0 aliphatic rings. The van der Waals surface area contributed by atoms with Crippen LogP contribution in [0.5, 0.6) is 0 Å². The van der Waals surface area contributed by atoms with E-state index in [1.807, 2.05) is 13.8 Å². The van der Waals surface area contributed by atoms with Crippen LogP contribution >= 0.6 is 0 Å². The minimum atomic E-state index is -1.52. The molecule has 0 saturated heterocycles. The Bertz CT molecular complexity index is 1170. The van der Waals surface area contributed by atoms with Gasteiger partial charge in [-0.2, -0.15) is 0 Å². The van der Waals surface area contributed by atoms with Gasteiger partial charge in [-0.05, 0) is 62.8 Å². The number of aliphatic hydroxyl groups is 2. The van der Waals surface area contributed by atoms with E-state index in [0.29, 0.717) is 57.9 Å². The average molecular weight is 793 g/mol. The molecule has 55 heavy (non-hydrogen) atoms. The molecule has 2 N–H and O–H groups in total. The van der Waals surface area contributed by atoms with Crippen molar-refractivity contribution in [1.82, 2.24) is 0 Å². The van der Waals surface area contributed by atoms with E-state index in [1.54, 1.807) is 26.4 Å². The number of hydrogen-bond donors (Lipinski definition) is 2. The monoisotopic (exact) mass is 793 g/mol. The summed E-state index contributed by atoms with van der Waals surface area (Å²) in [6, 6.07) is 12.0. The quantitative estimate of drug-likeness (QED) is 0.0503. The fourth-order valence-corrected chi connectivity index (χ4v) is 3.66. The Balaban J connectivity index is -0.0000000945. The Labute approximate surface area is 337 Å². The number of ether oxygens (including phenoxy) is 6. The van der Waals surface area contributed by atoms with Crippen molar-refractivity contribution in [3.8, 4) is 0 Å². The maximum Gasteiger partial charge on any atom is 0.338 e. The maximum absolute atomic E-state index is 12.0. The largest absolute Gasteiger partial charge is 0.462 e. The summed E-state index contributed by atoms with van der Waals surface area (Å²) in [6.45, 7) is 6.23. The summed E-state index contributed by atoms with van der Waals surface area (Å²) in [5, 5.41) is 19.2. The van der Waals surface area contributed by atoms with E-state index in [1.165, 1.54) is 36.4 Å². The molecule has 12 heteroatoms. The molecule has 0 spiro atoms. The number of esters is 2. The minimum Gasteiger partial charge on any atom is -0.462 e. The number of hydrogen-bond acceptors (Lipinski definition) is 12. The van der Waals surface area contributed by atoms with Crippen LogP contribution in [0.4, 0.5) is 0 Å². The van der Waals surface area contributed by atoms with Crippen molar-refractivity contribution in [2.24, 2.45) is 0 Å². The normalized spacial score (nSPS) is 10.0. The van der Waals surface area contributed by atoms with Crippen molar-refractivity contribution in [2.75, 3.05) is 53.9 Å². The molecular formula is C43H84O12. The van der Waals surface area contributed by atoms with Crippen LogP contribution in [-0.2, 0) is 28.4 Å². The Kier molecular flexibility index (Phi) is 59.3. The predicted octanol–water partition coefficient (Wildman–Crippen LogP) is 10.1. The molecule has 12 nitrogen and oxygen atoms in total. The highest BCUT2D eigenvalue weighted by molar-refractivity contribution is 6.01. The lowest BCUT2D eigenvalue weighted by Gasteiger charge is -2.11. The van der Waals surface area contributed by atoms with Gasteiger partial charge in [0.15, 0.2) is 0 Å². The number of methoxy groups -OCH3 is 2. The molecule has 0 amide bonds. The fourth-order valence-electron chi connectivity index (χ4n) is 3.66. The fraction of sp³-hybridized carbons (Fsp3) is 0.628. The third-order valence-corrected chi connectivity index (χ3v) is 6.15. The van der Waals surface area contributed by atoms with Crippen LogP contribution in [0, 0.1) is 0 Å². The van der Waals surface area contributed by atoms with E-state index in [9.17, 15) is 29.4 Å². The van der Waals surface area contributed by atoms with Crippen LogP contribution in [-0.4, -0.2) is 100 Å². The van der Waals surface area contributed by atoms with Gasteiger partial charge in [0.2, 0.25) is 24.1 Å². The number of unbranched alkanes of at least 4 members (excludes halogenated alkanes) is 2. The highest BCUT2D eigenvalue weighted by atomic mass is 16.6. The second kappa shape index (κ2) is 44.9. The Morgan fingerprint density at radius 2 is 0.836 bits per heavy atom. The number of benzene rings is 2. The second-order valence-corrected chi connectivity index (χ2v) is 10.0. The first-order chi connectivity index (χ1) is 22.2. The average Bonchev–Trinajstić information content (AvgIpc) is 3.08. The van der Waals surface area contributed by atoms with Gasteiger partial charge in [-0.25, -0.2) is 9.59 Å². The third kappa shape index (κ3) is 30.4. The van der Waals surface area contributed by atoms with Crippen molar-refractivity contribution in [3.05, 3.63) is 70.8 Å². The highest BCUT2D eigenvalue weighted by Crippen LogP contribution is 2.12. The van der Waals surface area contributed by atoms with E-state index in [2.05, 4.69) is 0 Å². The van der Waals surface area contributed by atoms with Crippen LogP contribution in [0.25, 0.3) is 0 Å². The lowest BCUT2D eigenvalue weighted by molar-refractivity contribution is -0.0717. The van der Waals surface area contributed by atoms with Crippen LogP contribution < -0.4 is 0 Å². The predicted molar refractivity (Wildman–Crippen MR) is 229 cm³/mol. The molecule has 0 aromatic heterocycles. The second-order valence-electron chi connectivity index (χ2n) is 10.0. The molecule has 0 bridgehead atoms. The van der Waals surface area contributed by atoms with E-state index < -0.39 is 36.1 Å². The first-order valence-corrected chi connectivity index (χ1v) is 15.4. The zero-order chi connectivity index (χ0) is 34.2. The molecule has 0 fully saturated rings. The number of carbonyl (C=O) groups is 4. The molecule has 0 radical (unpaired) electrons. The number of rotatable bonds is 22. The van der Waals surface area contributed by atoms with Crippen molar-refractivity contribution in [1.29, 1.82) is 0 Å². The molecule has 0 aliphatic carbocycles. The number of aliphatic hydroxyl groups excluding tert-OH is 2. The van der Waals surface area contributed by atoms with Crippen LogP contribution in [0.15, 0.2) is 48.5 Å². The van der Waals surface area contributed by atoms with E-state index in [0.717, 1.165) is 19.3 Å². The summed E-state index contributed by atoms with van der Waals surface area (Å²) in [6.07, 6.45) is 1.48. The Morgan fingerprint density at radius 1 is 0.491 bits per heavy atom. The highest BCUT2D eigenvalue weighted by Gasteiger charge is 2.20. The summed E-state index contributed by atoms with van der Waals surface area (Å²) in [5.41, 5.74) is 1.12. The van der Waals surface area contributed by atoms with Gasteiger partial charge >= 0.3 is 11.9 Å². The van der Waals surface area contributed by atoms with Gasteiger partial charge in [0.25, 0.3) is 0 Å². The van der Waals surface area contributed by atoms with Crippen LogP contribution in [0.2, 0.25) is 0 Å². The molecular weight excluding hydrogens is 708 g/mol. The standard InChI is InChI=1S/2C17H24O6.9CH4/c1-3-10-22-17(20)15(18)13-6-8-14(9-7-13)16(19)23-12-5-4-11-21-2;1-3-9-22-17(20)15(18)13-7-6-8-14(12-13)16(19)23-11-5-4-10-21-2;;;;;;;;;/h6-9,17,20H,3-5,10-12H2,1-2H3;6-8,12,17,20H,3-5,9-11H2,1-2H3;9*1H4. The Hall–Kier alpha value is -3.52. The lowest BCUT2D eigenvalue weighted by Crippen LogP contribution is -2.24. The summed E-state index contributed by atoms with van der Waals surface area (Å²) in [4.78, 5) is 47.7. The van der Waals surface area contributed by atoms with Gasteiger partial charge in [-0.1, -0.05) is 105 Å². The van der Waals surface area contributed by atoms with Gasteiger partial charge in [0, 0.05) is 51.8 Å². The third-order valence-electron chi connectivity index (χ3n) is 6.15. The molecule has 2 atom stereocenters. The van der Waals surface area contributed by atoms with Crippen LogP contribution in [0.1, 0.15) is 161 Å². The number of Topliss-reactive ketones (excluding diaryl/α,β-unsaturated/α-hetero) is 2. The number of carbonyl (C=O) groups excluding carboxylic acids is 4. The van der Waals surface area contributed by atoms with Crippen molar-refractivity contribution in [2.45, 2.75) is 132 Å². The van der Waals surface area contributed by atoms with E-state index in [4.69, 9.17) is 28.4 Å². The number of ketones is 2. The summed E-state index contributed by atoms with van der Waals surface area (Å²) >= 11 is 0. The molecule has 2 rings (SSSR count). The molecule has 2 aromatic rings. The van der Waals surface area contributed by atoms with Gasteiger partial charge in [-0.15, -0.1) is 0 Å². The molecule has 0 saturated carbocycles. The van der Waals surface area contributed by atoms with Crippen molar-refractivity contribution in [3.63, 3.8) is 0 Å². The van der Waals surface area contributed by atoms with E-state index in [-0.39, 0.29) is 90.1 Å². The summed E-state index contributed by atoms with van der Waals surface area (Å²) in [7, 11) is 3.24. The molecule has 2 unspecified atom stereocenters. The maximum atomic E-state index is 12.0. The first-order valence-electron chi connectivity index (χ1n) is 15.4. The topological polar surface area (TPSA) is 164 Å². The zero-order valence-electron chi connectivity index (χ0n) is 27.2. The molecule has 0 aliphatic heterocycles. The van der Waals surface area contributed by atoms with Gasteiger partial charge in [-0.3, -0.25) is 9.59 Å². The molecule has 2 aromatic carbocycles. The Morgan fingerprint density at radius 3 is 1.24 bits per heavy atom. The van der Waals surface area contributed by atoms with Crippen molar-refractivity contribution < 1.29 is 57.8 Å².